The van der Waals surface area contributed by atoms with E-state index in [9.17, 15) is 13.2 Å². The van der Waals surface area contributed by atoms with E-state index in [1.165, 1.54) is 6.42 Å². The summed E-state index contributed by atoms with van der Waals surface area (Å²) in [5.74, 6) is -3.21. The van der Waals surface area contributed by atoms with E-state index in [0.717, 1.165) is 31.7 Å². The molecule has 6 heteroatoms. The zero-order valence-electron chi connectivity index (χ0n) is 10.3. The van der Waals surface area contributed by atoms with Gasteiger partial charge in [-0.15, -0.1) is 0 Å². The summed E-state index contributed by atoms with van der Waals surface area (Å²) in [5.41, 5.74) is -0.286. The second kappa shape index (κ2) is 6.23. The molecule has 1 saturated carbocycles. The molecule has 0 aliphatic heterocycles. The molecular formula is C13H15F3N2S. The lowest BCUT2D eigenvalue weighted by atomic mass is 9.96. The van der Waals surface area contributed by atoms with E-state index in [1.54, 1.807) is 0 Å². The second-order valence-corrected chi connectivity index (χ2v) is 5.09. The van der Waals surface area contributed by atoms with Crippen molar-refractivity contribution in [1.29, 1.82) is 0 Å². The second-order valence-electron chi connectivity index (χ2n) is 4.68. The van der Waals surface area contributed by atoms with Crippen molar-refractivity contribution < 1.29 is 13.2 Å². The maximum atomic E-state index is 13.4. The SMILES string of the molecule is Fc1cc(F)c(F)c(NC(=S)NC2CCCCC2)c1. The fraction of sp³-hybridized carbons (Fsp3) is 0.462. The number of halogens is 3. The Hall–Kier alpha value is -1.30. The number of benzene rings is 1. The van der Waals surface area contributed by atoms with Crippen molar-refractivity contribution in [2.45, 2.75) is 38.1 Å². The number of hydrogen-bond acceptors (Lipinski definition) is 1. The van der Waals surface area contributed by atoms with E-state index in [0.29, 0.717) is 6.07 Å². The van der Waals surface area contributed by atoms with E-state index in [4.69, 9.17) is 12.2 Å². The monoisotopic (exact) mass is 288 g/mol. The van der Waals surface area contributed by atoms with E-state index >= 15 is 0 Å². The molecular weight excluding hydrogens is 273 g/mol. The highest BCUT2D eigenvalue weighted by molar-refractivity contribution is 7.80. The first kappa shape index (κ1) is 14.1. The largest absolute Gasteiger partial charge is 0.360 e. The Kier molecular flexibility index (Phi) is 4.63. The van der Waals surface area contributed by atoms with Crippen molar-refractivity contribution in [1.82, 2.24) is 5.32 Å². The average Bonchev–Trinajstić information content (AvgIpc) is 2.36. The van der Waals surface area contributed by atoms with Crippen molar-refractivity contribution in [2.24, 2.45) is 0 Å². The van der Waals surface area contributed by atoms with Gasteiger partial charge in [0.1, 0.15) is 5.82 Å². The Bertz CT molecular complexity index is 473. The van der Waals surface area contributed by atoms with Crippen LogP contribution in [0.4, 0.5) is 18.9 Å². The molecule has 0 heterocycles. The van der Waals surface area contributed by atoms with Crippen LogP contribution in [0.15, 0.2) is 12.1 Å². The molecule has 0 radical (unpaired) electrons. The molecule has 1 aliphatic carbocycles. The molecule has 2 N–H and O–H groups in total. The summed E-state index contributed by atoms with van der Waals surface area (Å²) >= 11 is 5.03. The summed E-state index contributed by atoms with van der Waals surface area (Å²) in [6.07, 6.45) is 5.47. The van der Waals surface area contributed by atoms with Gasteiger partial charge in [0.15, 0.2) is 16.7 Å². The molecule has 19 heavy (non-hydrogen) atoms. The van der Waals surface area contributed by atoms with Crippen LogP contribution in [0, 0.1) is 17.5 Å². The summed E-state index contributed by atoms with van der Waals surface area (Å²) in [5, 5.41) is 5.74. The molecule has 1 aliphatic rings. The molecule has 0 saturated heterocycles. The van der Waals surface area contributed by atoms with Crippen molar-refractivity contribution in [3.63, 3.8) is 0 Å². The van der Waals surface area contributed by atoms with Gasteiger partial charge >= 0.3 is 0 Å². The first-order valence-electron chi connectivity index (χ1n) is 6.28. The lowest BCUT2D eigenvalue weighted by Crippen LogP contribution is -2.39. The van der Waals surface area contributed by atoms with Gasteiger partial charge in [-0.3, -0.25) is 0 Å². The Labute approximate surface area is 115 Å². The van der Waals surface area contributed by atoms with Gasteiger partial charge in [0.2, 0.25) is 0 Å². The van der Waals surface area contributed by atoms with E-state index < -0.39 is 17.5 Å². The van der Waals surface area contributed by atoms with Crippen LogP contribution < -0.4 is 10.6 Å². The zero-order chi connectivity index (χ0) is 13.8. The maximum Gasteiger partial charge on any atom is 0.182 e. The molecule has 0 aromatic heterocycles. The van der Waals surface area contributed by atoms with Crippen molar-refractivity contribution >= 4 is 23.0 Å². The van der Waals surface area contributed by atoms with Crippen LogP contribution in [0.5, 0.6) is 0 Å². The molecule has 0 atom stereocenters. The van der Waals surface area contributed by atoms with Gasteiger partial charge in [-0.05, 0) is 25.1 Å². The summed E-state index contributed by atoms with van der Waals surface area (Å²) in [7, 11) is 0. The highest BCUT2D eigenvalue weighted by atomic mass is 32.1. The highest BCUT2D eigenvalue weighted by Crippen LogP contribution is 2.20. The maximum absolute atomic E-state index is 13.4. The van der Waals surface area contributed by atoms with Crippen molar-refractivity contribution in [2.75, 3.05) is 5.32 Å². The molecule has 0 spiro atoms. The van der Waals surface area contributed by atoms with Gasteiger partial charge in [0, 0.05) is 18.2 Å². The van der Waals surface area contributed by atoms with Crippen LogP contribution in [-0.4, -0.2) is 11.2 Å². The molecule has 2 nitrogen and oxygen atoms in total. The summed E-state index contributed by atoms with van der Waals surface area (Å²) in [6, 6.07) is 1.63. The Morgan fingerprint density at radius 1 is 1.11 bits per heavy atom. The van der Waals surface area contributed by atoms with Crippen LogP contribution in [0.25, 0.3) is 0 Å². The first-order valence-corrected chi connectivity index (χ1v) is 6.69. The van der Waals surface area contributed by atoms with E-state index in [2.05, 4.69) is 10.6 Å². The predicted octanol–water partition coefficient (Wildman–Crippen LogP) is 3.72. The van der Waals surface area contributed by atoms with E-state index in [1.807, 2.05) is 0 Å². The van der Waals surface area contributed by atoms with Gasteiger partial charge in [-0.2, -0.15) is 0 Å². The lowest BCUT2D eigenvalue weighted by Gasteiger charge is -2.24. The minimum Gasteiger partial charge on any atom is -0.360 e. The quantitative estimate of drug-likeness (QED) is 0.640. The molecule has 1 fully saturated rings. The van der Waals surface area contributed by atoms with Crippen LogP contribution in [0.3, 0.4) is 0 Å². The molecule has 2 rings (SSSR count). The van der Waals surface area contributed by atoms with Crippen LogP contribution in [-0.2, 0) is 0 Å². The lowest BCUT2D eigenvalue weighted by molar-refractivity contribution is 0.414. The van der Waals surface area contributed by atoms with Crippen LogP contribution in [0.2, 0.25) is 0 Å². The molecule has 104 valence electrons. The summed E-state index contributed by atoms with van der Waals surface area (Å²) in [6.45, 7) is 0. The van der Waals surface area contributed by atoms with E-state index in [-0.39, 0.29) is 16.8 Å². The first-order chi connectivity index (χ1) is 9.06. The normalized spacial score (nSPS) is 16.2. The summed E-state index contributed by atoms with van der Waals surface area (Å²) < 4.78 is 39.5. The van der Waals surface area contributed by atoms with Crippen LogP contribution >= 0.6 is 12.2 Å². The zero-order valence-corrected chi connectivity index (χ0v) is 11.1. The minimum atomic E-state index is -1.23. The van der Waals surface area contributed by atoms with Crippen molar-refractivity contribution in [3.05, 3.63) is 29.6 Å². The molecule has 0 unspecified atom stereocenters. The third-order valence-corrected chi connectivity index (χ3v) is 3.40. The Balaban J connectivity index is 1.98. The topological polar surface area (TPSA) is 24.1 Å². The molecule has 1 aromatic rings. The number of thiocarbonyl (C=S) groups is 1. The summed E-state index contributed by atoms with van der Waals surface area (Å²) in [4.78, 5) is 0. The van der Waals surface area contributed by atoms with Crippen LogP contribution in [0.1, 0.15) is 32.1 Å². The third-order valence-electron chi connectivity index (χ3n) is 3.18. The average molecular weight is 288 g/mol. The fourth-order valence-electron chi connectivity index (χ4n) is 2.24. The van der Waals surface area contributed by atoms with Gasteiger partial charge in [0.25, 0.3) is 0 Å². The molecule has 0 bridgehead atoms. The standard InChI is InChI=1S/C13H15F3N2S/c14-8-6-10(15)12(16)11(7-8)18-13(19)17-9-4-2-1-3-5-9/h6-7,9H,1-5H2,(H2,17,18,19). The Morgan fingerprint density at radius 2 is 1.79 bits per heavy atom. The number of nitrogens with one attached hydrogen (secondary N) is 2. The number of anilines is 1. The fourth-order valence-corrected chi connectivity index (χ4v) is 2.51. The number of rotatable bonds is 2. The van der Waals surface area contributed by atoms with Gasteiger partial charge in [0.05, 0.1) is 5.69 Å². The Morgan fingerprint density at radius 3 is 2.47 bits per heavy atom. The third kappa shape index (κ3) is 3.83. The molecule has 0 amide bonds. The van der Waals surface area contributed by atoms with Gasteiger partial charge in [-0.1, -0.05) is 19.3 Å². The highest BCUT2D eigenvalue weighted by Gasteiger charge is 2.16. The van der Waals surface area contributed by atoms with Gasteiger partial charge < -0.3 is 10.6 Å². The predicted molar refractivity (Wildman–Crippen MR) is 72.5 cm³/mol. The minimum absolute atomic E-state index is 0.191. The van der Waals surface area contributed by atoms with Gasteiger partial charge in [-0.25, -0.2) is 13.2 Å². The molecule has 1 aromatic carbocycles. The number of hydrogen-bond donors (Lipinski definition) is 2. The smallest absolute Gasteiger partial charge is 0.182 e. The van der Waals surface area contributed by atoms with Crippen molar-refractivity contribution in [3.8, 4) is 0 Å².